The molecule has 0 unspecified atom stereocenters. The number of rotatable bonds is 6. The molecular formula is C37H39N3O6S. The third-order valence-electron chi connectivity index (χ3n) is 9.19. The van der Waals surface area contributed by atoms with E-state index in [1.165, 1.54) is 24.3 Å². The Morgan fingerprint density at radius 1 is 0.787 bits per heavy atom. The van der Waals surface area contributed by atoms with Gasteiger partial charge in [-0.15, -0.1) is 0 Å². The van der Waals surface area contributed by atoms with Crippen LogP contribution in [0.2, 0.25) is 0 Å². The van der Waals surface area contributed by atoms with E-state index in [9.17, 15) is 22.8 Å². The Kier molecular flexibility index (Phi) is 8.00. The molecule has 0 spiro atoms. The molecule has 3 aliphatic rings. The maximum absolute atomic E-state index is 14.1. The Morgan fingerprint density at radius 2 is 1.30 bits per heavy atom. The first kappa shape index (κ1) is 32.4. The molecular weight excluding hydrogens is 614 g/mol. The lowest BCUT2D eigenvalue weighted by Crippen LogP contribution is -2.44. The molecule has 244 valence electrons. The molecule has 9 nitrogen and oxygen atoms in total. The first-order chi connectivity index (χ1) is 22.1. The van der Waals surface area contributed by atoms with Crippen LogP contribution in [0.25, 0.3) is 0 Å². The smallest absolute Gasteiger partial charge is 0.255 e. The lowest BCUT2D eigenvalue weighted by molar-refractivity contribution is -0.119. The van der Waals surface area contributed by atoms with Crippen LogP contribution >= 0.6 is 0 Å². The van der Waals surface area contributed by atoms with Crippen LogP contribution in [0.3, 0.4) is 0 Å². The van der Waals surface area contributed by atoms with E-state index in [1.807, 2.05) is 36.4 Å². The Labute approximate surface area is 275 Å². The average Bonchev–Trinajstić information content (AvgIpc) is 2.99. The maximum Gasteiger partial charge on any atom is 0.255 e. The Bertz CT molecular complexity index is 1900. The number of nitrogens with one attached hydrogen (secondary N) is 1. The number of ketones is 2. The summed E-state index contributed by atoms with van der Waals surface area (Å²) in [6.45, 7) is 8.38. The predicted molar refractivity (Wildman–Crippen MR) is 181 cm³/mol. The molecule has 1 heterocycles. The van der Waals surface area contributed by atoms with Crippen molar-refractivity contribution in [3.63, 3.8) is 0 Å². The molecule has 0 fully saturated rings. The number of primary sulfonamides is 1. The third kappa shape index (κ3) is 6.27. The number of Topliss-reactive ketones (excluding diaryl/α,β-unsaturated/α-hetero) is 2. The Balaban J connectivity index is 1.43. The van der Waals surface area contributed by atoms with E-state index in [4.69, 9.17) is 9.88 Å². The van der Waals surface area contributed by atoms with Gasteiger partial charge in [0.25, 0.3) is 5.91 Å². The quantitative estimate of drug-likeness (QED) is 0.311. The van der Waals surface area contributed by atoms with Crippen LogP contribution in [0, 0.1) is 10.8 Å². The van der Waals surface area contributed by atoms with Gasteiger partial charge in [-0.25, -0.2) is 13.6 Å². The highest BCUT2D eigenvalue weighted by Gasteiger charge is 2.49. The van der Waals surface area contributed by atoms with Gasteiger partial charge in [-0.2, -0.15) is 0 Å². The molecule has 1 aliphatic heterocycles. The summed E-state index contributed by atoms with van der Waals surface area (Å²) in [6.07, 6.45) is 2.05. The number of hydrogen-bond acceptors (Lipinski definition) is 7. The van der Waals surface area contributed by atoms with Crippen molar-refractivity contribution < 1.29 is 27.5 Å². The lowest BCUT2D eigenvalue weighted by atomic mass is 9.63. The Hall–Kier alpha value is -4.54. The monoisotopic (exact) mass is 653 g/mol. The number of nitrogens with two attached hydrogens (primary N) is 1. The minimum Gasteiger partial charge on any atom is -0.497 e. The second-order valence-electron chi connectivity index (χ2n) is 14.2. The Morgan fingerprint density at radius 3 is 1.77 bits per heavy atom. The highest BCUT2D eigenvalue weighted by molar-refractivity contribution is 7.89. The molecule has 3 aromatic rings. The number of sulfonamides is 1. The number of methoxy groups -OCH3 is 1. The molecule has 0 saturated carbocycles. The van der Waals surface area contributed by atoms with Gasteiger partial charge in [0, 0.05) is 58.2 Å². The van der Waals surface area contributed by atoms with Crippen molar-refractivity contribution in [2.45, 2.75) is 64.2 Å². The number of hydrogen-bond donors (Lipinski definition) is 2. The van der Waals surface area contributed by atoms with Crippen LogP contribution in [0.15, 0.2) is 100 Å². The molecule has 0 bridgehead atoms. The van der Waals surface area contributed by atoms with Crippen LogP contribution in [-0.4, -0.2) is 33.0 Å². The average molecular weight is 654 g/mol. The van der Waals surface area contributed by atoms with E-state index in [0.717, 1.165) is 22.6 Å². The molecule has 1 amide bonds. The summed E-state index contributed by atoms with van der Waals surface area (Å²) < 4.78 is 28.6. The maximum atomic E-state index is 14.1. The topological polar surface area (TPSA) is 136 Å². The minimum atomic E-state index is -3.85. The van der Waals surface area contributed by atoms with Crippen molar-refractivity contribution in [1.82, 2.24) is 0 Å². The molecule has 3 aromatic carbocycles. The number of carbonyl (C=O) groups excluding carboxylic acids is 3. The van der Waals surface area contributed by atoms with E-state index in [2.05, 4.69) is 37.9 Å². The van der Waals surface area contributed by atoms with E-state index < -0.39 is 15.9 Å². The van der Waals surface area contributed by atoms with Gasteiger partial charge in [-0.3, -0.25) is 14.4 Å². The van der Waals surface area contributed by atoms with Crippen LogP contribution in [0.1, 0.15) is 75.2 Å². The van der Waals surface area contributed by atoms with Crippen LogP contribution in [0.4, 0.5) is 11.4 Å². The second-order valence-corrected chi connectivity index (χ2v) is 15.8. The van der Waals surface area contributed by atoms with Crippen molar-refractivity contribution >= 4 is 38.9 Å². The molecule has 10 heteroatoms. The molecule has 0 saturated heterocycles. The highest BCUT2D eigenvalue weighted by Crippen LogP contribution is 2.55. The zero-order chi connectivity index (χ0) is 33.9. The summed E-state index contributed by atoms with van der Waals surface area (Å²) in [5.74, 6) is -0.0706. The number of allylic oxidation sites excluding steroid dienone is 4. The molecule has 0 radical (unpaired) electrons. The van der Waals surface area contributed by atoms with Crippen LogP contribution < -0.4 is 20.1 Å². The van der Waals surface area contributed by atoms with Gasteiger partial charge in [0.15, 0.2) is 11.6 Å². The molecule has 47 heavy (non-hydrogen) atoms. The molecule has 0 aromatic heterocycles. The minimum absolute atomic E-state index is 0.0377. The van der Waals surface area contributed by atoms with E-state index in [0.29, 0.717) is 53.8 Å². The van der Waals surface area contributed by atoms with E-state index >= 15 is 0 Å². The number of carbonyl (C=O) groups is 3. The summed E-state index contributed by atoms with van der Waals surface area (Å²) in [7, 11) is -2.24. The summed E-state index contributed by atoms with van der Waals surface area (Å²) in [5.41, 5.74) is 4.99. The molecule has 2 aliphatic carbocycles. The van der Waals surface area contributed by atoms with Crippen molar-refractivity contribution in [2.75, 3.05) is 17.3 Å². The van der Waals surface area contributed by atoms with Gasteiger partial charge in [-0.05, 0) is 89.9 Å². The fourth-order valence-electron chi connectivity index (χ4n) is 7.10. The predicted octanol–water partition coefficient (Wildman–Crippen LogP) is 6.49. The number of anilines is 2. The zero-order valence-electron chi connectivity index (χ0n) is 27.2. The van der Waals surface area contributed by atoms with Gasteiger partial charge < -0.3 is 15.0 Å². The summed E-state index contributed by atoms with van der Waals surface area (Å²) in [5, 5.41) is 7.97. The van der Waals surface area contributed by atoms with Crippen molar-refractivity contribution in [3.8, 4) is 5.75 Å². The van der Waals surface area contributed by atoms with Gasteiger partial charge in [-0.1, -0.05) is 39.8 Å². The fourth-order valence-corrected chi connectivity index (χ4v) is 7.62. The van der Waals surface area contributed by atoms with Gasteiger partial charge in [0.05, 0.1) is 12.0 Å². The third-order valence-corrected chi connectivity index (χ3v) is 10.1. The first-order valence-electron chi connectivity index (χ1n) is 15.6. The molecule has 3 N–H and O–H groups in total. The highest BCUT2D eigenvalue weighted by atomic mass is 32.2. The second kappa shape index (κ2) is 11.6. The standard InChI is InChI=1S/C37H39N3O6S/c1-36(2)18-28-33(30(41)20-36)32(22-8-14-26(46-5)15-9-22)34-29(19-37(3,4)21-31(34)42)40(28)25-12-6-23(7-13-25)35(43)39-24-10-16-27(17-11-24)47(38,44)45/h6-17,32H,18-21H2,1-5H3,(H,39,43)(H2,38,44,45). The zero-order valence-corrected chi connectivity index (χ0v) is 28.0. The van der Waals surface area contributed by atoms with Crippen molar-refractivity contribution in [2.24, 2.45) is 16.0 Å². The van der Waals surface area contributed by atoms with E-state index in [-0.39, 0.29) is 33.2 Å². The number of amides is 1. The number of ether oxygens (including phenoxy) is 1. The fraction of sp³-hybridized carbons (Fsp3) is 0.324. The van der Waals surface area contributed by atoms with Gasteiger partial charge in [0.2, 0.25) is 10.0 Å². The number of benzene rings is 3. The van der Waals surface area contributed by atoms with Crippen LogP contribution in [-0.2, 0) is 19.6 Å². The lowest BCUT2D eigenvalue weighted by Gasteiger charge is -2.49. The van der Waals surface area contributed by atoms with E-state index in [1.54, 1.807) is 19.2 Å². The SMILES string of the molecule is COc1ccc(C2C3=C(CC(C)(C)CC3=O)N(c3ccc(C(=O)Nc4ccc(S(N)(=O)=O)cc4)cc3)C3=C2C(=O)CC(C)(C)C3)cc1. The van der Waals surface area contributed by atoms with Gasteiger partial charge in [0.1, 0.15) is 5.75 Å². The molecule has 6 rings (SSSR count). The summed E-state index contributed by atoms with van der Waals surface area (Å²) >= 11 is 0. The summed E-state index contributed by atoms with van der Waals surface area (Å²) in [6, 6.07) is 20.4. The normalized spacial score (nSPS) is 19.3. The largest absolute Gasteiger partial charge is 0.497 e. The summed E-state index contributed by atoms with van der Waals surface area (Å²) in [4.78, 5) is 43.4. The molecule has 0 atom stereocenters. The van der Waals surface area contributed by atoms with Crippen molar-refractivity contribution in [3.05, 3.63) is 106 Å². The first-order valence-corrected chi connectivity index (χ1v) is 17.1. The van der Waals surface area contributed by atoms with Crippen LogP contribution in [0.5, 0.6) is 5.75 Å². The number of nitrogens with zero attached hydrogens (tertiary/aromatic N) is 1. The van der Waals surface area contributed by atoms with Gasteiger partial charge >= 0.3 is 0 Å². The van der Waals surface area contributed by atoms with Crippen molar-refractivity contribution in [1.29, 1.82) is 0 Å².